The van der Waals surface area contributed by atoms with E-state index in [0.29, 0.717) is 12.3 Å². The van der Waals surface area contributed by atoms with Crippen LogP contribution in [0.4, 0.5) is 13.2 Å². The van der Waals surface area contributed by atoms with Gasteiger partial charge in [0.1, 0.15) is 5.69 Å². The molecule has 5 heteroatoms. The van der Waals surface area contributed by atoms with Gasteiger partial charge < -0.3 is 4.90 Å². The first kappa shape index (κ1) is 24.8. The summed E-state index contributed by atoms with van der Waals surface area (Å²) in [6, 6.07) is 18.9. The van der Waals surface area contributed by atoms with Crippen LogP contribution >= 0.6 is 0 Å². The Morgan fingerprint density at radius 2 is 1.78 bits per heavy atom. The number of nitrogens with zero attached hydrogens (tertiary/aromatic N) is 2. The number of hydrogen-bond donors (Lipinski definition) is 0. The fourth-order valence-corrected chi connectivity index (χ4v) is 5.75. The van der Waals surface area contributed by atoms with Gasteiger partial charge in [0, 0.05) is 25.8 Å². The van der Waals surface area contributed by atoms with Crippen molar-refractivity contribution in [2.45, 2.75) is 45.5 Å². The molecule has 1 aliphatic heterocycles. The van der Waals surface area contributed by atoms with E-state index in [-0.39, 0.29) is 12.4 Å². The molecule has 2 aromatic carbocycles. The van der Waals surface area contributed by atoms with Gasteiger partial charge >= 0.3 is 0 Å². The topological polar surface area (TPSA) is 16.1 Å². The SMILES string of the molecule is Cc1cc(C(F)F)ncc1C1=C(c2ccc(CC3CN(CCCF)C3)cc2)c2ccccc2CCC1. The van der Waals surface area contributed by atoms with Crippen LogP contribution in [0.2, 0.25) is 0 Å². The van der Waals surface area contributed by atoms with E-state index in [1.807, 2.05) is 6.92 Å². The summed E-state index contributed by atoms with van der Waals surface area (Å²) in [5.74, 6) is 0.630. The molecule has 188 valence electrons. The molecule has 1 aromatic heterocycles. The molecule has 36 heavy (non-hydrogen) atoms. The second kappa shape index (κ2) is 11.0. The van der Waals surface area contributed by atoms with Crippen LogP contribution in [-0.4, -0.2) is 36.2 Å². The maximum absolute atomic E-state index is 13.3. The van der Waals surface area contributed by atoms with E-state index in [1.165, 1.54) is 33.9 Å². The van der Waals surface area contributed by atoms with Crippen molar-refractivity contribution in [2.75, 3.05) is 26.3 Å². The Kier molecular flexibility index (Phi) is 7.56. The number of allylic oxidation sites excluding steroid dienone is 1. The Morgan fingerprint density at radius 1 is 1.00 bits per heavy atom. The number of halogens is 3. The Labute approximate surface area is 211 Å². The molecular formula is C31H33F3N2. The highest BCUT2D eigenvalue weighted by Crippen LogP contribution is 2.41. The summed E-state index contributed by atoms with van der Waals surface area (Å²) in [4.78, 5) is 6.43. The lowest BCUT2D eigenvalue weighted by Gasteiger charge is -2.39. The highest BCUT2D eigenvalue weighted by molar-refractivity contribution is 6.00. The fraction of sp³-hybridized carbons (Fsp3) is 0.387. The van der Waals surface area contributed by atoms with Crippen molar-refractivity contribution in [3.8, 4) is 0 Å². The van der Waals surface area contributed by atoms with Crippen molar-refractivity contribution in [1.82, 2.24) is 9.88 Å². The van der Waals surface area contributed by atoms with E-state index in [2.05, 4.69) is 58.4 Å². The summed E-state index contributed by atoms with van der Waals surface area (Å²) in [5, 5.41) is 0. The minimum atomic E-state index is -2.57. The molecule has 0 unspecified atom stereocenters. The molecule has 0 atom stereocenters. The number of likely N-dealkylation sites (tertiary alicyclic amines) is 1. The summed E-state index contributed by atoms with van der Waals surface area (Å²) in [6.07, 6.45) is 3.60. The third kappa shape index (κ3) is 5.27. The summed E-state index contributed by atoms with van der Waals surface area (Å²) in [6.45, 7) is 4.62. The first-order valence-corrected chi connectivity index (χ1v) is 13.0. The van der Waals surface area contributed by atoms with Crippen LogP contribution in [0.1, 0.15) is 64.8 Å². The second-order valence-corrected chi connectivity index (χ2v) is 10.2. The number of pyridine rings is 1. The molecule has 2 aliphatic rings. The van der Waals surface area contributed by atoms with Gasteiger partial charge in [0.25, 0.3) is 6.43 Å². The number of benzene rings is 2. The predicted molar refractivity (Wildman–Crippen MR) is 140 cm³/mol. The van der Waals surface area contributed by atoms with E-state index in [4.69, 9.17) is 0 Å². The van der Waals surface area contributed by atoms with Crippen molar-refractivity contribution in [3.63, 3.8) is 0 Å². The highest BCUT2D eigenvalue weighted by Gasteiger charge is 2.26. The van der Waals surface area contributed by atoms with Crippen molar-refractivity contribution in [2.24, 2.45) is 5.92 Å². The molecule has 1 fully saturated rings. The molecule has 0 spiro atoms. The van der Waals surface area contributed by atoms with Gasteiger partial charge in [-0.3, -0.25) is 9.37 Å². The van der Waals surface area contributed by atoms with Gasteiger partial charge in [-0.05, 0) is 95.5 Å². The Hall–Kier alpha value is -2.92. The van der Waals surface area contributed by atoms with Gasteiger partial charge in [-0.15, -0.1) is 0 Å². The second-order valence-electron chi connectivity index (χ2n) is 10.2. The zero-order valence-corrected chi connectivity index (χ0v) is 20.8. The van der Waals surface area contributed by atoms with Gasteiger partial charge in [0.05, 0.1) is 6.67 Å². The number of rotatable bonds is 8. The van der Waals surface area contributed by atoms with Crippen LogP contribution < -0.4 is 0 Å². The number of alkyl halides is 3. The lowest BCUT2D eigenvalue weighted by molar-refractivity contribution is 0.0968. The quantitative estimate of drug-likeness (QED) is 0.326. The molecule has 0 saturated carbocycles. The first-order valence-electron chi connectivity index (χ1n) is 13.0. The average molecular weight is 491 g/mol. The first-order chi connectivity index (χ1) is 17.5. The molecule has 0 N–H and O–H groups in total. The van der Waals surface area contributed by atoms with Crippen molar-refractivity contribution < 1.29 is 13.2 Å². The minimum absolute atomic E-state index is 0.170. The monoisotopic (exact) mass is 490 g/mol. The molecule has 3 aromatic rings. The molecular weight excluding hydrogens is 457 g/mol. The summed E-state index contributed by atoms with van der Waals surface area (Å²) in [7, 11) is 0. The molecule has 0 bridgehead atoms. The number of aromatic nitrogens is 1. The van der Waals surface area contributed by atoms with E-state index in [9.17, 15) is 13.2 Å². The summed E-state index contributed by atoms with van der Waals surface area (Å²) >= 11 is 0. The smallest absolute Gasteiger partial charge is 0.280 e. The molecule has 2 nitrogen and oxygen atoms in total. The van der Waals surface area contributed by atoms with Gasteiger partial charge in [-0.1, -0.05) is 48.5 Å². The third-order valence-corrected chi connectivity index (χ3v) is 7.55. The number of hydrogen-bond acceptors (Lipinski definition) is 2. The lowest BCUT2D eigenvalue weighted by Crippen LogP contribution is -2.47. The molecule has 0 amide bonds. The molecule has 1 aliphatic carbocycles. The zero-order valence-electron chi connectivity index (χ0n) is 20.8. The Morgan fingerprint density at radius 3 is 2.50 bits per heavy atom. The van der Waals surface area contributed by atoms with Crippen molar-refractivity contribution in [3.05, 3.63) is 99.9 Å². The van der Waals surface area contributed by atoms with E-state index >= 15 is 0 Å². The largest absolute Gasteiger partial charge is 0.303 e. The van der Waals surface area contributed by atoms with Gasteiger partial charge in [-0.2, -0.15) is 0 Å². The van der Waals surface area contributed by atoms with Crippen LogP contribution in [0.3, 0.4) is 0 Å². The molecule has 1 saturated heterocycles. The van der Waals surface area contributed by atoms with Gasteiger partial charge in [0.15, 0.2) is 0 Å². The van der Waals surface area contributed by atoms with E-state index in [0.717, 1.165) is 62.0 Å². The standard InChI is InChI=1S/C31H33F3N2/c1-21-16-29(31(33)34)35-18-28(21)27-9-4-7-24-6-2-3-8-26(24)30(27)25-12-10-22(11-13-25)17-23-19-36(20-23)15-5-14-32/h2-3,6,8,10-13,16,18,23,31H,4-5,7,9,14-15,17,19-20H2,1H3. The number of aryl methyl sites for hydroxylation is 2. The van der Waals surface area contributed by atoms with E-state index in [1.54, 1.807) is 6.20 Å². The fourth-order valence-electron chi connectivity index (χ4n) is 5.75. The Bertz CT molecular complexity index is 1230. The third-order valence-electron chi connectivity index (χ3n) is 7.55. The predicted octanol–water partition coefficient (Wildman–Crippen LogP) is 7.46. The van der Waals surface area contributed by atoms with Crippen molar-refractivity contribution >= 4 is 11.1 Å². The van der Waals surface area contributed by atoms with Crippen LogP contribution in [0.15, 0.2) is 60.8 Å². The normalized spacial score (nSPS) is 16.7. The van der Waals surface area contributed by atoms with Crippen LogP contribution in [0.5, 0.6) is 0 Å². The maximum Gasteiger partial charge on any atom is 0.280 e. The molecule has 0 radical (unpaired) electrons. The van der Waals surface area contributed by atoms with Gasteiger partial charge in [0.2, 0.25) is 0 Å². The average Bonchev–Trinajstić information content (AvgIpc) is 3.05. The van der Waals surface area contributed by atoms with Crippen LogP contribution in [0.25, 0.3) is 11.1 Å². The van der Waals surface area contributed by atoms with Gasteiger partial charge in [-0.25, -0.2) is 8.78 Å². The number of fused-ring (bicyclic) bond motifs is 1. The molecule has 5 rings (SSSR count). The summed E-state index contributed by atoms with van der Waals surface area (Å²) < 4.78 is 38.9. The summed E-state index contributed by atoms with van der Waals surface area (Å²) in [5.41, 5.74) is 9.00. The molecule has 2 heterocycles. The Balaban J connectivity index is 1.48. The zero-order chi connectivity index (χ0) is 25.1. The van der Waals surface area contributed by atoms with Crippen molar-refractivity contribution in [1.29, 1.82) is 0 Å². The highest BCUT2D eigenvalue weighted by atomic mass is 19.3. The van der Waals surface area contributed by atoms with Crippen LogP contribution in [0, 0.1) is 12.8 Å². The van der Waals surface area contributed by atoms with Crippen LogP contribution in [-0.2, 0) is 12.8 Å². The minimum Gasteiger partial charge on any atom is -0.303 e. The lowest BCUT2D eigenvalue weighted by atomic mass is 9.86. The maximum atomic E-state index is 13.3. The van der Waals surface area contributed by atoms with E-state index < -0.39 is 6.43 Å².